The third-order valence-electron chi connectivity index (χ3n) is 7.91. The van der Waals surface area contributed by atoms with Gasteiger partial charge in [-0.1, -0.05) is 35.9 Å². The Bertz CT molecular complexity index is 1140. The number of rotatable bonds is 4. The predicted molar refractivity (Wildman–Crippen MR) is 134 cm³/mol. The molecule has 3 aliphatic rings. The van der Waals surface area contributed by atoms with Gasteiger partial charge in [-0.25, -0.2) is 4.39 Å². The van der Waals surface area contributed by atoms with Crippen molar-refractivity contribution in [1.29, 1.82) is 0 Å². The normalized spacial score (nSPS) is 22.5. The number of carbonyl (C=O) groups excluding carboxylic acids is 2. The predicted octanol–water partition coefficient (Wildman–Crippen LogP) is 3.11. The van der Waals surface area contributed by atoms with Crippen molar-refractivity contribution in [2.75, 3.05) is 46.3 Å². The zero-order chi connectivity index (χ0) is 24.9. The van der Waals surface area contributed by atoms with Gasteiger partial charge in [0.2, 0.25) is 5.91 Å². The first kappa shape index (κ1) is 23.9. The molecule has 1 spiro atoms. The van der Waals surface area contributed by atoms with Gasteiger partial charge in [-0.05, 0) is 45.5 Å². The molecule has 1 unspecified atom stereocenters. The van der Waals surface area contributed by atoms with E-state index < -0.39 is 11.5 Å². The Morgan fingerprint density at radius 3 is 2.46 bits per heavy atom. The van der Waals surface area contributed by atoms with Gasteiger partial charge in [0.1, 0.15) is 5.82 Å². The third kappa shape index (κ3) is 4.04. The first-order valence-electron chi connectivity index (χ1n) is 12.6. The van der Waals surface area contributed by atoms with Crippen molar-refractivity contribution in [3.63, 3.8) is 0 Å². The van der Waals surface area contributed by atoms with Crippen molar-refractivity contribution in [3.8, 4) is 0 Å². The van der Waals surface area contributed by atoms with E-state index >= 15 is 0 Å². The number of piperazine rings is 1. The van der Waals surface area contributed by atoms with Crippen LogP contribution < -0.4 is 0 Å². The molecular weight excluding hydrogens is 443 g/mol. The van der Waals surface area contributed by atoms with Crippen LogP contribution in [0, 0.1) is 12.7 Å². The van der Waals surface area contributed by atoms with Crippen molar-refractivity contribution in [2.24, 2.45) is 0 Å². The lowest BCUT2D eigenvalue weighted by molar-refractivity contribution is -0.146. The minimum atomic E-state index is -0.639. The van der Waals surface area contributed by atoms with E-state index in [4.69, 9.17) is 0 Å². The summed E-state index contributed by atoms with van der Waals surface area (Å²) in [5.74, 6) is -0.558. The number of amides is 2. The quantitative estimate of drug-likeness (QED) is 0.678. The van der Waals surface area contributed by atoms with Crippen LogP contribution in [0.15, 0.2) is 42.5 Å². The fourth-order valence-electron chi connectivity index (χ4n) is 6.27. The van der Waals surface area contributed by atoms with Crippen molar-refractivity contribution in [3.05, 3.63) is 70.5 Å². The van der Waals surface area contributed by atoms with E-state index in [1.165, 1.54) is 6.07 Å². The maximum atomic E-state index is 14.5. The van der Waals surface area contributed by atoms with Crippen molar-refractivity contribution < 1.29 is 14.0 Å². The summed E-state index contributed by atoms with van der Waals surface area (Å²) in [7, 11) is 2.08. The Labute approximate surface area is 207 Å². The summed E-state index contributed by atoms with van der Waals surface area (Å²) in [6.07, 6.45) is 0. The molecule has 2 saturated heterocycles. The van der Waals surface area contributed by atoms with E-state index in [2.05, 4.69) is 16.8 Å². The maximum absolute atomic E-state index is 14.5. The highest BCUT2D eigenvalue weighted by atomic mass is 19.1. The zero-order valence-corrected chi connectivity index (χ0v) is 21.1. The Morgan fingerprint density at radius 1 is 1.09 bits per heavy atom. The Hall–Kier alpha value is -2.77. The molecule has 2 fully saturated rings. The van der Waals surface area contributed by atoms with Crippen LogP contribution in [0.3, 0.4) is 0 Å². The highest BCUT2D eigenvalue weighted by molar-refractivity contribution is 6.02. The van der Waals surface area contributed by atoms with Crippen molar-refractivity contribution in [1.82, 2.24) is 19.6 Å². The van der Waals surface area contributed by atoms with Crippen molar-refractivity contribution >= 4 is 11.8 Å². The number of likely N-dealkylation sites (tertiary alicyclic amines) is 1. The van der Waals surface area contributed by atoms with Gasteiger partial charge in [0, 0.05) is 63.0 Å². The molecule has 5 rings (SSSR count). The lowest BCUT2D eigenvalue weighted by Gasteiger charge is -2.62. The van der Waals surface area contributed by atoms with E-state index in [1.54, 1.807) is 6.07 Å². The molecular formula is C28H35FN4O2. The summed E-state index contributed by atoms with van der Waals surface area (Å²) in [5, 5.41) is 0. The minimum Gasteiger partial charge on any atom is -0.340 e. The molecule has 0 N–H and O–H groups in total. The first-order chi connectivity index (χ1) is 16.7. The molecule has 0 aliphatic carbocycles. The summed E-state index contributed by atoms with van der Waals surface area (Å²) in [5.41, 5.74) is 2.49. The Balaban J connectivity index is 1.52. The molecule has 0 aromatic heterocycles. The molecule has 1 atom stereocenters. The number of benzene rings is 2. The number of nitrogens with zero attached hydrogens (tertiary/aromatic N) is 4. The molecule has 6 nitrogen and oxygen atoms in total. The van der Waals surface area contributed by atoms with E-state index in [9.17, 15) is 14.0 Å². The number of carbonyl (C=O) groups is 2. The van der Waals surface area contributed by atoms with Crippen LogP contribution in [0.25, 0.3) is 0 Å². The number of aryl methyl sites for hydroxylation is 1. The molecule has 0 saturated carbocycles. The summed E-state index contributed by atoms with van der Waals surface area (Å²) >= 11 is 0. The van der Waals surface area contributed by atoms with Crippen LogP contribution in [0.1, 0.15) is 46.8 Å². The van der Waals surface area contributed by atoms with Gasteiger partial charge in [0.15, 0.2) is 0 Å². The topological polar surface area (TPSA) is 47.1 Å². The van der Waals surface area contributed by atoms with Crippen molar-refractivity contribution in [2.45, 2.75) is 44.8 Å². The van der Waals surface area contributed by atoms with Crippen LogP contribution in [-0.4, -0.2) is 89.3 Å². The molecule has 0 radical (unpaired) electrons. The van der Waals surface area contributed by atoms with E-state index in [-0.39, 0.29) is 23.7 Å². The summed E-state index contributed by atoms with van der Waals surface area (Å²) in [6.45, 7) is 10.6. The average molecular weight is 479 g/mol. The summed E-state index contributed by atoms with van der Waals surface area (Å²) < 4.78 is 14.5. The first-order valence-corrected chi connectivity index (χ1v) is 12.6. The second-order valence-corrected chi connectivity index (χ2v) is 10.8. The number of likely N-dealkylation sites (N-methyl/N-ethyl adjacent to an activating group) is 1. The van der Waals surface area contributed by atoms with Gasteiger partial charge in [-0.2, -0.15) is 0 Å². The highest BCUT2D eigenvalue weighted by Crippen LogP contribution is 2.48. The highest BCUT2D eigenvalue weighted by Gasteiger charge is 2.61. The third-order valence-corrected chi connectivity index (χ3v) is 7.91. The standard InChI is InChI=1S/C28H35FN4O2/c1-19(2)33-26(34)23-8-6-5-7-22(23)25(27(35)32-13-11-30(4)12-14-32)28(33)17-31(18-28)16-21-15-20(3)9-10-24(21)29/h5-10,15,19,25H,11-14,16-18H2,1-4H3. The number of hydrogen-bond acceptors (Lipinski definition) is 4. The minimum absolute atomic E-state index is 0.0144. The van der Waals surface area contributed by atoms with Crippen LogP contribution in [0.4, 0.5) is 4.39 Å². The summed E-state index contributed by atoms with van der Waals surface area (Å²) in [6, 6.07) is 12.7. The van der Waals surface area contributed by atoms with E-state index in [0.29, 0.717) is 43.9 Å². The molecule has 0 bridgehead atoms. The maximum Gasteiger partial charge on any atom is 0.254 e. The van der Waals surface area contributed by atoms with Gasteiger partial charge >= 0.3 is 0 Å². The van der Waals surface area contributed by atoms with E-state index in [0.717, 1.165) is 24.2 Å². The van der Waals surface area contributed by atoms with Crippen LogP contribution in [0.2, 0.25) is 0 Å². The molecule has 7 heteroatoms. The lowest BCUT2D eigenvalue weighted by Crippen LogP contribution is -2.77. The smallest absolute Gasteiger partial charge is 0.254 e. The SMILES string of the molecule is Cc1ccc(F)c(CN2CC3(C2)C(C(=O)N2CCN(C)CC2)c2ccccc2C(=O)N3C(C)C)c1. The Kier molecular flexibility index (Phi) is 6.18. The van der Waals surface area contributed by atoms with Gasteiger partial charge in [-0.3, -0.25) is 14.5 Å². The van der Waals surface area contributed by atoms with E-state index in [1.807, 2.05) is 60.9 Å². The second kappa shape index (κ2) is 9.03. The Morgan fingerprint density at radius 2 is 1.77 bits per heavy atom. The molecule has 35 heavy (non-hydrogen) atoms. The number of fused-ring (bicyclic) bond motifs is 1. The fourth-order valence-corrected chi connectivity index (χ4v) is 6.27. The van der Waals surface area contributed by atoms with Gasteiger partial charge < -0.3 is 14.7 Å². The monoisotopic (exact) mass is 478 g/mol. The number of hydrogen-bond donors (Lipinski definition) is 0. The fraction of sp³-hybridized carbons (Fsp3) is 0.500. The second-order valence-electron chi connectivity index (χ2n) is 10.8. The molecule has 186 valence electrons. The van der Waals surface area contributed by atoms with Crippen LogP contribution in [-0.2, 0) is 11.3 Å². The molecule has 3 aliphatic heterocycles. The van der Waals surface area contributed by atoms with Crippen LogP contribution >= 0.6 is 0 Å². The average Bonchev–Trinajstić information content (AvgIpc) is 2.80. The van der Waals surface area contributed by atoms with Gasteiger partial charge in [-0.15, -0.1) is 0 Å². The zero-order valence-electron chi connectivity index (χ0n) is 21.1. The lowest BCUT2D eigenvalue weighted by atomic mass is 9.67. The number of halogens is 1. The molecule has 2 aromatic rings. The molecule has 2 amide bonds. The van der Waals surface area contributed by atoms with Gasteiger partial charge in [0.05, 0.1) is 11.5 Å². The van der Waals surface area contributed by atoms with Gasteiger partial charge in [0.25, 0.3) is 5.91 Å². The summed E-state index contributed by atoms with van der Waals surface area (Å²) in [4.78, 5) is 36.2. The molecule has 2 aromatic carbocycles. The van der Waals surface area contributed by atoms with Crippen LogP contribution in [0.5, 0.6) is 0 Å². The largest absolute Gasteiger partial charge is 0.340 e. The molecule has 3 heterocycles.